The van der Waals surface area contributed by atoms with Gasteiger partial charge in [0.05, 0.1) is 26.0 Å². The Hall–Kier alpha value is -4.22. The number of hydrogen-bond acceptors (Lipinski definition) is 6. The number of amides is 2. The Balaban J connectivity index is 1.93. The van der Waals surface area contributed by atoms with Crippen molar-refractivity contribution in [3.05, 3.63) is 89.6 Å². The Morgan fingerprint density at radius 3 is 2.50 bits per heavy atom. The van der Waals surface area contributed by atoms with E-state index >= 15 is 0 Å². The molecule has 2 N–H and O–H groups in total. The van der Waals surface area contributed by atoms with Crippen LogP contribution in [0.15, 0.2) is 83.4 Å². The summed E-state index contributed by atoms with van der Waals surface area (Å²) in [7, 11) is 3.06. The number of nitriles is 1. The Labute approximate surface area is 202 Å². The average Bonchev–Trinajstić information content (AvgIpc) is 2.87. The van der Waals surface area contributed by atoms with E-state index in [9.17, 15) is 9.59 Å². The molecule has 0 aliphatic rings. The minimum Gasteiger partial charge on any atom is -0.497 e. The highest BCUT2D eigenvalue weighted by molar-refractivity contribution is 7.99. The number of methoxy groups -OCH3 is 2. The van der Waals surface area contributed by atoms with Gasteiger partial charge in [-0.1, -0.05) is 24.3 Å². The average molecular weight is 474 g/mol. The van der Waals surface area contributed by atoms with Crippen LogP contribution >= 0.6 is 11.8 Å². The molecule has 0 heterocycles. The van der Waals surface area contributed by atoms with Gasteiger partial charge in [-0.05, 0) is 48.5 Å². The number of rotatable bonds is 9. The fourth-order valence-corrected chi connectivity index (χ4v) is 3.63. The first-order valence-electron chi connectivity index (χ1n) is 10.3. The second-order valence-corrected chi connectivity index (χ2v) is 7.96. The quantitative estimate of drug-likeness (QED) is 0.344. The minimum absolute atomic E-state index is 0.0346. The van der Waals surface area contributed by atoms with Gasteiger partial charge in [-0.25, -0.2) is 0 Å². The Morgan fingerprint density at radius 2 is 1.79 bits per heavy atom. The van der Waals surface area contributed by atoms with E-state index in [0.29, 0.717) is 34.1 Å². The lowest BCUT2D eigenvalue weighted by Crippen LogP contribution is -2.30. The predicted molar refractivity (Wildman–Crippen MR) is 133 cm³/mol. The molecule has 7 nitrogen and oxygen atoms in total. The monoisotopic (exact) mass is 473 g/mol. The summed E-state index contributed by atoms with van der Waals surface area (Å²) in [6, 6.07) is 23.0. The van der Waals surface area contributed by atoms with Crippen molar-refractivity contribution in [1.29, 1.82) is 5.26 Å². The number of carbonyl (C=O) groups excluding carboxylic acids is 2. The third-order valence-electron chi connectivity index (χ3n) is 4.66. The van der Waals surface area contributed by atoms with Crippen molar-refractivity contribution in [2.75, 3.05) is 25.3 Å². The lowest BCUT2D eigenvalue weighted by molar-refractivity contribution is -0.113. The van der Waals surface area contributed by atoms with Crippen molar-refractivity contribution in [1.82, 2.24) is 5.32 Å². The zero-order valence-electron chi connectivity index (χ0n) is 18.7. The molecule has 0 aliphatic carbocycles. The van der Waals surface area contributed by atoms with Crippen molar-refractivity contribution in [2.45, 2.75) is 4.90 Å². The molecule has 8 heteroatoms. The molecule has 172 valence electrons. The van der Waals surface area contributed by atoms with Crippen LogP contribution in [0.1, 0.15) is 15.9 Å². The number of benzene rings is 3. The third kappa shape index (κ3) is 6.64. The van der Waals surface area contributed by atoms with E-state index in [4.69, 9.17) is 14.7 Å². The fraction of sp³-hybridized carbons (Fsp3) is 0.115. The highest BCUT2D eigenvalue weighted by Crippen LogP contribution is 2.27. The van der Waals surface area contributed by atoms with Crippen molar-refractivity contribution in [3.8, 4) is 17.6 Å². The molecule has 0 spiro atoms. The SMILES string of the molecule is COc1ccc(/C=C(/NC(=O)c2ccccc2)C(=O)Nc2cccc(SCC#N)c2)c(OC)c1. The molecule has 0 unspecified atom stereocenters. The van der Waals surface area contributed by atoms with Gasteiger partial charge >= 0.3 is 0 Å². The molecule has 0 saturated heterocycles. The molecule has 2 amide bonds. The van der Waals surface area contributed by atoms with Crippen molar-refractivity contribution in [2.24, 2.45) is 0 Å². The zero-order valence-corrected chi connectivity index (χ0v) is 19.5. The first kappa shape index (κ1) is 24.4. The summed E-state index contributed by atoms with van der Waals surface area (Å²) in [5.74, 6) is 0.443. The number of nitrogens with one attached hydrogen (secondary N) is 2. The van der Waals surface area contributed by atoms with Gasteiger partial charge in [-0.15, -0.1) is 11.8 Å². The first-order valence-corrected chi connectivity index (χ1v) is 11.2. The number of nitrogens with zero attached hydrogens (tertiary/aromatic N) is 1. The number of hydrogen-bond donors (Lipinski definition) is 2. The fourth-order valence-electron chi connectivity index (χ4n) is 3.01. The Kier molecular flexibility index (Phi) is 8.72. The molecular weight excluding hydrogens is 450 g/mol. The molecule has 0 radical (unpaired) electrons. The lowest BCUT2D eigenvalue weighted by atomic mass is 10.1. The van der Waals surface area contributed by atoms with E-state index in [1.54, 1.807) is 79.9 Å². The maximum atomic E-state index is 13.2. The topological polar surface area (TPSA) is 100 Å². The van der Waals surface area contributed by atoms with E-state index in [-0.39, 0.29) is 5.70 Å². The number of thioether (sulfide) groups is 1. The van der Waals surface area contributed by atoms with Gasteiger partial charge in [0.1, 0.15) is 17.2 Å². The molecule has 34 heavy (non-hydrogen) atoms. The molecule has 0 saturated carbocycles. The van der Waals surface area contributed by atoms with Gasteiger partial charge in [0.25, 0.3) is 11.8 Å². The van der Waals surface area contributed by atoms with Crippen LogP contribution in [-0.2, 0) is 4.79 Å². The molecule has 0 atom stereocenters. The van der Waals surface area contributed by atoms with E-state index < -0.39 is 11.8 Å². The second-order valence-electron chi connectivity index (χ2n) is 6.91. The summed E-state index contributed by atoms with van der Waals surface area (Å²) in [6.07, 6.45) is 1.54. The molecular formula is C26H23N3O4S. The van der Waals surface area contributed by atoms with E-state index in [0.717, 1.165) is 4.90 Å². The third-order valence-corrected chi connectivity index (χ3v) is 5.53. The normalized spacial score (nSPS) is 10.7. The van der Waals surface area contributed by atoms with Crippen molar-refractivity contribution < 1.29 is 19.1 Å². The maximum Gasteiger partial charge on any atom is 0.272 e. The number of ether oxygens (including phenoxy) is 2. The standard InChI is InChI=1S/C26H23N3O4S/c1-32-21-12-11-19(24(17-21)33-2)15-23(29-25(30)18-7-4-3-5-8-18)26(31)28-20-9-6-10-22(16-20)34-14-13-27/h3-12,15-17H,14H2,1-2H3,(H,28,31)(H,29,30)/b23-15+. The molecule has 3 aromatic rings. The van der Waals surface area contributed by atoms with Gasteiger partial charge in [0.15, 0.2) is 0 Å². The summed E-state index contributed by atoms with van der Waals surface area (Å²) in [4.78, 5) is 26.9. The van der Waals surface area contributed by atoms with E-state index in [1.165, 1.54) is 18.9 Å². The largest absolute Gasteiger partial charge is 0.497 e. The molecule has 0 aliphatic heterocycles. The zero-order chi connectivity index (χ0) is 24.3. The van der Waals surface area contributed by atoms with Gasteiger partial charge < -0.3 is 20.1 Å². The number of anilines is 1. The summed E-state index contributed by atoms with van der Waals surface area (Å²) in [5.41, 5.74) is 1.57. The number of carbonyl (C=O) groups is 2. The summed E-state index contributed by atoms with van der Waals surface area (Å²) in [6.45, 7) is 0. The van der Waals surface area contributed by atoms with Crippen LogP contribution in [-0.4, -0.2) is 31.8 Å². The van der Waals surface area contributed by atoms with Crippen LogP contribution in [0, 0.1) is 11.3 Å². The van der Waals surface area contributed by atoms with Crippen LogP contribution in [0.25, 0.3) is 6.08 Å². The summed E-state index contributed by atoms with van der Waals surface area (Å²) < 4.78 is 10.7. The molecule has 0 fully saturated rings. The molecule has 3 rings (SSSR count). The van der Waals surface area contributed by atoms with Crippen LogP contribution in [0.3, 0.4) is 0 Å². The van der Waals surface area contributed by atoms with Gasteiger partial charge in [-0.2, -0.15) is 5.26 Å². The highest BCUT2D eigenvalue weighted by atomic mass is 32.2. The van der Waals surface area contributed by atoms with Gasteiger partial charge in [0, 0.05) is 27.8 Å². The van der Waals surface area contributed by atoms with Crippen molar-refractivity contribution in [3.63, 3.8) is 0 Å². The van der Waals surface area contributed by atoms with Crippen molar-refractivity contribution >= 4 is 35.3 Å². The Morgan fingerprint density at radius 1 is 1.00 bits per heavy atom. The predicted octanol–water partition coefficient (Wildman–Crippen LogP) is 4.73. The van der Waals surface area contributed by atoms with Gasteiger partial charge in [-0.3, -0.25) is 9.59 Å². The van der Waals surface area contributed by atoms with Crippen LogP contribution in [0.5, 0.6) is 11.5 Å². The highest BCUT2D eigenvalue weighted by Gasteiger charge is 2.16. The van der Waals surface area contributed by atoms with Crippen LogP contribution in [0.2, 0.25) is 0 Å². The second kappa shape index (κ2) is 12.1. The lowest BCUT2D eigenvalue weighted by Gasteiger charge is -2.13. The van der Waals surface area contributed by atoms with E-state index in [2.05, 4.69) is 16.7 Å². The Bertz CT molecular complexity index is 1240. The van der Waals surface area contributed by atoms with Crippen LogP contribution < -0.4 is 20.1 Å². The first-order chi connectivity index (χ1) is 16.5. The summed E-state index contributed by atoms with van der Waals surface area (Å²) in [5, 5.41) is 14.3. The maximum absolute atomic E-state index is 13.2. The smallest absolute Gasteiger partial charge is 0.272 e. The van der Waals surface area contributed by atoms with E-state index in [1.807, 2.05) is 6.07 Å². The molecule has 3 aromatic carbocycles. The molecule has 0 bridgehead atoms. The van der Waals surface area contributed by atoms with Crippen LogP contribution in [0.4, 0.5) is 5.69 Å². The summed E-state index contributed by atoms with van der Waals surface area (Å²) >= 11 is 1.36. The minimum atomic E-state index is -0.510. The van der Waals surface area contributed by atoms with Gasteiger partial charge in [0.2, 0.25) is 0 Å². The molecule has 0 aromatic heterocycles.